The average molecular weight is 505 g/mol. The number of alkyl halides is 6. The van der Waals surface area contributed by atoms with Crippen molar-refractivity contribution in [2.45, 2.75) is 17.2 Å². The molecular weight excluding hydrogens is 492 g/mol. The van der Waals surface area contributed by atoms with Gasteiger partial charge in [0.15, 0.2) is 11.5 Å². The second kappa shape index (κ2) is 9.12. The quantitative estimate of drug-likeness (QED) is 0.329. The molecule has 0 spiro atoms. The van der Waals surface area contributed by atoms with Crippen LogP contribution in [0.3, 0.4) is 0 Å². The van der Waals surface area contributed by atoms with Crippen LogP contribution < -0.4 is 10.0 Å². The van der Waals surface area contributed by atoms with E-state index in [2.05, 4.69) is 20.4 Å². The van der Waals surface area contributed by atoms with Crippen LogP contribution in [0.15, 0.2) is 65.8 Å². The van der Waals surface area contributed by atoms with Gasteiger partial charge in [0.2, 0.25) is 5.95 Å². The molecule has 1 aromatic carbocycles. The Kier molecular flexibility index (Phi) is 6.63. The Bertz CT molecular complexity index is 1320. The molecule has 0 aliphatic carbocycles. The monoisotopic (exact) mass is 505 g/mol. The first-order valence-electron chi connectivity index (χ1n) is 8.95. The zero-order valence-electron chi connectivity index (χ0n) is 16.6. The number of nitrogens with zero attached hydrogens (tertiary/aromatic N) is 4. The summed E-state index contributed by atoms with van der Waals surface area (Å²) in [5.41, 5.74) is -2.95. The molecule has 16 heteroatoms. The summed E-state index contributed by atoms with van der Waals surface area (Å²) in [5.74, 6) is -1.24. The van der Waals surface area contributed by atoms with Crippen molar-refractivity contribution in [1.82, 2.24) is 19.7 Å². The predicted octanol–water partition coefficient (Wildman–Crippen LogP) is 3.99. The van der Waals surface area contributed by atoms with Gasteiger partial charge in [0.1, 0.15) is 11.5 Å². The smallest absolute Gasteiger partial charge is 0.346 e. The number of hydrogen-bond donors (Lipinski definition) is 3. The predicted molar refractivity (Wildman–Crippen MR) is 108 cm³/mol. The van der Waals surface area contributed by atoms with Crippen LogP contribution in [-0.4, -0.2) is 40.1 Å². The fourth-order valence-corrected chi connectivity index (χ4v) is 3.32. The van der Waals surface area contributed by atoms with E-state index in [9.17, 15) is 34.8 Å². The number of benzene rings is 1. The zero-order valence-corrected chi connectivity index (χ0v) is 17.4. The van der Waals surface area contributed by atoms with Crippen molar-refractivity contribution in [2.24, 2.45) is 0 Å². The Morgan fingerprint density at radius 1 is 1.03 bits per heavy atom. The van der Waals surface area contributed by atoms with Crippen molar-refractivity contribution in [3.05, 3.63) is 66.6 Å². The molecule has 0 bridgehead atoms. The highest BCUT2D eigenvalue weighted by molar-refractivity contribution is 7.92. The molecule has 180 valence electrons. The number of allylic oxidation sites excluding steroid dienone is 1. The van der Waals surface area contributed by atoms with E-state index < -0.39 is 39.7 Å². The van der Waals surface area contributed by atoms with E-state index in [0.29, 0.717) is 23.0 Å². The molecule has 0 saturated heterocycles. The minimum absolute atomic E-state index is 0.171. The van der Waals surface area contributed by atoms with E-state index in [1.165, 1.54) is 24.3 Å². The Balaban J connectivity index is 1.98. The van der Waals surface area contributed by atoms with E-state index in [1.807, 2.05) is 4.72 Å². The molecule has 0 amide bonds. The summed E-state index contributed by atoms with van der Waals surface area (Å²) in [6.07, 6.45) is -7.71. The van der Waals surface area contributed by atoms with Gasteiger partial charge in [-0.1, -0.05) is 18.2 Å². The maximum Gasteiger partial charge on any atom is 0.435 e. The van der Waals surface area contributed by atoms with Crippen LogP contribution in [0.25, 0.3) is 5.82 Å². The SMILES string of the molecule is N=C(/C=C\Nc1cc(-n2ccc(C(F)(F)F)n2)nc(NS(=O)(=O)c2ccccc2)n1)C(F)(F)F. The van der Waals surface area contributed by atoms with Gasteiger partial charge in [-0.2, -0.15) is 41.4 Å². The maximum atomic E-state index is 12.9. The minimum Gasteiger partial charge on any atom is -0.346 e. The van der Waals surface area contributed by atoms with Crippen LogP contribution in [0.5, 0.6) is 0 Å². The van der Waals surface area contributed by atoms with Crippen molar-refractivity contribution in [1.29, 1.82) is 5.41 Å². The van der Waals surface area contributed by atoms with Crippen molar-refractivity contribution >= 4 is 27.5 Å². The molecule has 0 fully saturated rings. The molecule has 0 radical (unpaired) electrons. The van der Waals surface area contributed by atoms with E-state index in [1.54, 1.807) is 6.07 Å². The summed E-state index contributed by atoms with van der Waals surface area (Å²) in [5, 5.41) is 12.5. The molecule has 9 nitrogen and oxygen atoms in total. The highest BCUT2D eigenvalue weighted by Gasteiger charge is 2.34. The fourth-order valence-electron chi connectivity index (χ4n) is 2.36. The number of anilines is 2. The van der Waals surface area contributed by atoms with Gasteiger partial charge >= 0.3 is 12.4 Å². The van der Waals surface area contributed by atoms with Gasteiger partial charge in [-0.15, -0.1) is 0 Å². The standard InChI is InChI=1S/C18H13F6N7O2S/c19-17(20,21)12(25)6-8-26-14-10-15(31-9-7-13(29-31)18(22,23)24)28-16(27-14)30-34(32,33)11-4-2-1-3-5-11/h1-10,25H,(H2,26,27,28,30)/b8-6-,25-12?. The van der Waals surface area contributed by atoms with Crippen molar-refractivity contribution in [2.75, 3.05) is 10.0 Å². The molecule has 34 heavy (non-hydrogen) atoms. The number of sulfonamides is 1. The van der Waals surface area contributed by atoms with Gasteiger partial charge in [0.25, 0.3) is 10.0 Å². The van der Waals surface area contributed by atoms with Gasteiger partial charge < -0.3 is 5.32 Å². The first-order valence-corrected chi connectivity index (χ1v) is 10.4. The minimum atomic E-state index is -4.91. The third-order valence-electron chi connectivity index (χ3n) is 3.89. The highest BCUT2D eigenvalue weighted by atomic mass is 32.2. The average Bonchev–Trinajstić information content (AvgIpc) is 3.24. The topological polar surface area (TPSA) is 126 Å². The first kappa shape index (κ1) is 24.7. The summed E-state index contributed by atoms with van der Waals surface area (Å²) in [4.78, 5) is 7.47. The molecule has 0 atom stereocenters. The number of nitrogens with one attached hydrogen (secondary N) is 3. The molecule has 0 aliphatic heterocycles. The van der Waals surface area contributed by atoms with Crippen LogP contribution in [0.2, 0.25) is 0 Å². The largest absolute Gasteiger partial charge is 0.435 e. The highest BCUT2D eigenvalue weighted by Crippen LogP contribution is 2.28. The lowest BCUT2D eigenvalue weighted by molar-refractivity contribution is -0.141. The maximum absolute atomic E-state index is 12.9. The summed E-state index contributed by atoms with van der Waals surface area (Å²) >= 11 is 0. The zero-order chi connectivity index (χ0) is 25.1. The van der Waals surface area contributed by atoms with Gasteiger partial charge in [-0.25, -0.2) is 17.8 Å². The Morgan fingerprint density at radius 2 is 1.71 bits per heavy atom. The molecule has 0 saturated carbocycles. The molecule has 2 heterocycles. The summed E-state index contributed by atoms with van der Waals surface area (Å²) in [6.45, 7) is 0. The van der Waals surface area contributed by atoms with Gasteiger partial charge in [-0.3, -0.25) is 5.41 Å². The third-order valence-corrected chi connectivity index (χ3v) is 5.24. The van der Waals surface area contributed by atoms with Crippen LogP contribution in [0.4, 0.5) is 38.1 Å². The number of rotatable bonds is 7. The Hall–Kier alpha value is -3.95. The Morgan fingerprint density at radius 3 is 2.29 bits per heavy atom. The molecule has 2 aromatic heterocycles. The number of aromatic nitrogens is 4. The van der Waals surface area contributed by atoms with Crippen molar-refractivity contribution in [3.8, 4) is 5.82 Å². The van der Waals surface area contributed by atoms with Crippen molar-refractivity contribution < 1.29 is 34.8 Å². The number of halogens is 6. The van der Waals surface area contributed by atoms with Crippen LogP contribution >= 0.6 is 0 Å². The van der Waals surface area contributed by atoms with Gasteiger partial charge in [0, 0.05) is 18.5 Å². The second-order valence-electron chi connectivity index (χ2n) is 6.39. The summed E-state index contributed by atoms with van der Waals surface area (Å²) in [7, 11) is -4.21. The molecule has 0 unspecified atom stereocenters. The molecule has 3 rings (SSSR count). The lowest BCUT2D eigenvalue weighted by Gasteiger charge is -2.11. The summed E-state index contributed by atoms with van der Waals surface area (Å²) in [6, 6.07) is 8.64. The van der Waals surface area contributed by atoms with E-state index in [-0.39, 0.29) is 16.5 Å². The third kappa shape index (κ3) is 6.09. The first-order chi connectivity index (χ1) is 15.8. The van der Waals surface area contributed by atoms with Gasteiger partial charge in [-0.05, 0) is 24.3 Å². The lowest BCUT2D eigenvalue weighted by atomic mass is 10.3. The van der Waals surface area contributed by atoms with Gasteiger partial charge in [0.05, 0.1) is 4.90 Å². The normalized spacial score (nSPS) is 12.6. The van der Waals surface area contributed by atoms with Crippen LogP contribution in [-0.2, 0) is 16.2 Å². The molecular formula is C18H13F6N7O2S. The molecule has 3 N–H and O–H groups in total. The van der Waals surface area contributed by atoms with E-state index in [0.717, 1.165) is 12.3 Å². The second-order valence-corrected chi connectivity index (χ2v) is 8.07. The lowest BCUT2D eigenvalue weighted by Crippen LogP contribution is -2.19. The fraction of sp³-hybridized carbons (Fsp3) is 0.111. The summed E-state index contributed by atoms with van der Waals surface area (Å²) < 4.78 is 104. The number of hydrogen-bond acceptors (Lipinski definition) is 7. The van der Waals surface area contributed by atoms with Crippen LogP contribution in [0, 0.1) is 5.41 Å². The van der Waals surface area contributed by atoms with E-state index in [4.69, 9.17) is 5.41 Å². The van der Waals surface area contributed by atoms with Crippen LogP contribution in [0.1, 0.15) is 5.69 Å². The van der Waals surface area contributed by atoms with Crippen molar-refractivity contribution in [3.63, 3.8) is 0 Å². The Labute approximate surface area is 187 Å². The van der Waals surface area contributed by atoms with E-state index >= 15 is 0 Å². The molecule has 3 aromatic rings. The molecule has 0 aliphatic rings.